The van der Waals surface area contributed by atoms with Crippen molar-refractivity contribution in [3.63, 3.8) is 0 Å². The van der Waals surface area contributed by atoms with Gasteiger partial charge in [0.1, 0.15) is 0 Å². The second-order valence-electron chi connectivity index (χ2n) is 5.04. The number of carbonyl (C=O) groups is 2. The SMILES string of the molecule is CN(Cc1cscn1)C(=O)NC(C)(C)CCC(=O)O. The van der Waals surface area contributed by atoms with Gasteiger partial charge in [-0.15, -0.1) is 11.3 Å². The maximum absolute atomic E-state index is 12.0. The van der Waals surface area contributed by atoms with Crippen LogP contribution in [0.2, 0.25) is 0 Å². The van der Waals surface area contributed by atoms with Crippen LogP contribution in [0.15, 0.2) is 10.9 Å². The van der Waals surface area contributed by atoms with Crippen molar-refractivity contribution in [1.29, 1.82) is 0 Å². The Hall–Kier alpha value is -1.63. The number of carboxylic acids is 1. The molecule has 0 saturated heterocycles. The summed E-state index contributed by atoms with van der Waals surface area (Å²) >= 11 is 1.48. The van der Waals surface area contributed by atoms with E-state index in [4.69, 9.17) is 5.11 Å². The van der Waals surface area contributed by atoms with Gasteiger partial charge in [-0.05, 0) is 20.3 Å². The van der Waals surface area contributed by atoms with Gasteiger partial charge < -0.3 is 15.3 Å². The largest absolute Gasteiger partial charge is 0.481 e. The smallest absolute Gasteiger partial charge is 0.317 e. The first-order chi connectivity index (χ1) is 8.80. The summed E-state index contributed by atoms with van der Waals surface area (Å²) in [6, 6.07) is -0.233. The Labute approximate surface area is 116 Å². The lowest BCUT2D eigenvalue weighted by atomic mass is 9.99. The molecule has 0 bridgehead atoms. The maximum Gasteiger partial charge on any atom is 0.317 e. The summed E-state index contributed by atoms with van der Waals surface area (Å²) in [6.45, 7) is 4.05. The summed E-state index contributed by atoms with van der Waals surface area (Å²) in [5, 5.41) is 13.4. The van der Waals surface area contributed by atoms with Gasteiger partial charge in [-0.1, -0.05) is 0 Å². The van der Waals surface area contributed by atoms with E-state index in [-0.39, 0.29) is 12.5 Å². The molecule has 0 aromatic carbocycles. The summed E-state index contributed by atoms with van der Waals surface area (Å²) < 4.78 is 0. The number of nitrogens with zero attached hydrogens (tertiary/aromatic N) is 2. The van der Waals surface area contributed by atoms with E-state index in [0.29, 0.717) is 13.0 Å². The Morgan fingerprint density at radius 1 is 1.53 bits per heavy atom. The van der Waals surface area contributed by atoms with E-state index in [1.807, 2.05) is 19.2 Å². The Bertz CT molecular complexity index is 431. The Morgan fingerprint density at radius 2 is 2.21 bits per heavy atom. The second kappa shape index (κ2) is 6.51. The zero-order chi connectivity index (χ0) is 14.5. The molecule has 2 amide bonds. The molecule has 0 aliphatic carbocycles. The van der Waals surface area contributed by atoms with Gasteiger partial charge >= 0.3 is 12.0 Å². The normalized spacial score (nSPS) is 11.1. The Kier molecular flexibility index (Phi) is 5.29. The van der Waals surface area contributed by atoms with Crippen LogP contribution < -0.4 is 5.32 Å². The van der Waals surface area contributed by atoms with Crippen molar-refractivity contribution in [3.05, 3.63) is 16.6 Å². The molecule has 6 nitrogen and oxygen atoms in total. The minimum Gasteiger partial charge on any atom is -0.481 e. The van der Waals surface area contributed by atoms with Crippen LogP contribution in [0.25, 0.3) is 0 Å². The topological polar surface area (TPSA) is 82.5 Å². The third-order valence-corrected chi connectivity index (χ3v) is 3.27. The summed E-state index contributed by atoms with van der Waals surface area (Å²) in [7, 11) is 1.68. The molecular weight excluding hydrogens is 266 g/mol. The molecule has 106 valence electrons. The molecule has 7 heteroatoms. The van der Waals surface area contributed by atoms with Gasteiger partial charge in [-0.3, -0.25) is 4.79 Å². The number of urea groups is 1. The first kappa shape index (κ1) is 15.4. The summed E-state index contributed by atoms with van der Waals surface area (Å²) in [5.41, 5.74) is 2.01. The third-order valence-electron chi connectivity index (χ3n) is 2.64. The van der Waals surface area contributed by atoms with E-state index in [0.717, 1.165) is 5.69 Å². The van der Waals surface area contributed by atoms with Crippen LogP contribution in [-0.4, -0.2) is 39.6 Å². The van der Waals surface area contributed by atoms with E-state index < -0.39 is 11.5 Å². The first-order valence-corrected chi connectivity index (χ1v) is 6.86. The van der Waals surface area contributed by atoms with E-state index >= 15 is 0 Å². The van der Waals surface area contributed by atoms with Gasteiger partial charge in [-0.25, -0.2) is 9.78 Å². The monoisotopic (exact) mass is 285 g/mol. The number of aliphatic carboxylic acids is 1. The molecule has 0 aliphatic rings. The van der Waals surface area contributed by atoms with Crippen LogP contribution in [-0.2, 0) is 11.3 Å². The summed E-state index contributed by atoms with van der Waals surface area (Å²) in [6.07, 6.45) is 0.418. The lowest BCUT2D eigenvalue weighted by Crippen LogP contribution is -2.48. The third kappa shape index (κ3) is 5.69. The number of rotatable bonds is 6. The number of carbonyl (C=O) groups excluding carboxylic acids is 1. The standard InChI is InChI=1S/C12H19N3O3S/c1-12(2,5-4-10(16)17)14-11(18)15(3)6-9-7-19-8-13-9/h7-8H,4-6H2,1-3H3,(H,14,18)(H,16,17). The van der Waals surface area contributed by atoms with Crippen LogP contribution in [0.4, 0.5) is 4.79 Å². The van der Waals surface area contributed by atoms with Crippen molar-refractivity contribution in [2.75, 3.05) is 7.05 Å². The zero-order valence-electron chi connectivity index (χ0n) is 11.3. The quantitative estimate of drug-likeness (QED) is 0.836. The van der Waals surface area contributed by atoms with E-state index in [2.05, 4.69) is 10.3 Å². The van der Waals surface area contributed by atoms with E-state index in [1.54, 1.807) is 12.6 Å². The second-order valence-corrected chi connectivity index (χ2v) is 5.76. The van der Waals surface area contributed by atoms with Crippen LogP contribution >= 0.6 is 11.3 Å². The fourth-order valence-corrected chi connectivity index (χ4v) is 2.05. The first-order valence-electron chi connectivity index (χ1n) is 5.92. The molecule has 1 heterocycles. The van der Waals surface area contributed by atoms with Crippen LogP contribution in [0.3, 0.4) is 0 Å². The van der Waals surface area contributed by atoms with Gasteiger partial charge in [0.2, 0.25) is 0 Å². The number of thiazole rings is 1. The minimum atomic E-state index is -0.863. The van der Waals surface area contributed by atoms with E-state index in [1.165, 1.54) is 16.2 Å². The predicted octanol–water partition coefficient (Wildman–Crippen LogP) is 1.93. The van der Waals surface area contributed by atoms with Crippen molar-refractivity contribution < 1.29 is 14.7 Å². The number of amides is 2. The fourth-order valence-electron chi connectivity index (χ4n) is 1.50. The number of hydrogen-bond acceptors (Lipinski definition) is 4. The average Bonchev–Trinajstić information content (AvgIpc) is 2.78. The zero-order valence-corrected chi connectivity index (χ0v) is 12.2. The highest BCUT2D eigenvalue weighted by atomic mass is 32.1. The highest BCUT2D eigenvalue weighted by molar-refractivity contribution is 7.07. The lowest BCUT2D eigenvalue weighted by molar-refractivity contribution is -0.137. The summed E-state index contributed by atoms with van der Waals surface area (Å²) in [4.78, 5) is 28.2. The molecule has 0 atom stereocenters. The average molecular weight is 285 g/mol. The molecule has 1 aromatic heterocycles. The molecule has 0 fully saturated rings. The maximum atomic E-state index is 12.0. The summed E-state index contributed by atoms with van der Waals surface area (Å²) in [5.74, 6) is -0.863. The highest BCUT2D eigenvalue weighted by Gasteiger charge is 2.23. The number of carboxylic acid groups (broad SMARTS) is 1. The molecule has 1 aromatic rings. The molecule has 19 heavy (non-hydrogen) atoms. The number of hydrogen-bond donors (Lipinski definition) is 2. The Balaban J connectivity index is 2.46. The van der Waals surface area contributed by atoms with Crippen molar-refractivity contribution in [2.45, 2.75) is 38.8 Å². The lowest BCUT2D eigenvalue weighted by Gasteiger charge is -2.28. The molecule has 0 unspecified atom stereocenters. The fraction of sp³-hybridized carbons (Fsp3) is 0.583. The molecule has 0 radical (unpaired) electrons. The van der Waals surface area contributed by atoms with Crippen LogP contribution in [0.1, 0.15) is 32.4 Å². The molecule has 0 spiro atoms. The number of aromatic nitrogens is 1. The van der Waals surface area contributed by atoms with E-state index in [9.17, 15) is 9.59 Å². The van der Waals surface area contributed by atoms with Crippen molar-refractivity contribution >= 4 is 23.3 Å². The van der Waals surface area contributed by atoms with Crippen molar-refractivity contribution in [2.24, 2.45) is 0 Å². The van der Waals surface area contributed by atoms with Gasteiger partial charge in [0.25, 0.3) is 0 Å². The molecule has 0 saturated carbocycles. The molecular formula is C12H19N3O3S. The number of nitrogens with one attached hydrogen (secondary N) is 1. The van der Waals surface area contributed by atoms with Gasteiger partial charge in [0, 0.05) is 24.4 Å². The van der Waals surface area contributed by atoms with Crippen LogP contribution in [0.5, 0.6) is 0 Å². The Morgan fingerprint density at radius 3 is 2.74 bits per heavy atom. The molecule has 1 rings (SSSR count). The van der Waals surface area contributed by atoms with Crippen molar-refractivity contribution in [1.82, 2.24) is 15.2 Å². The van der Waals surface area contributed by atoms with Crippen molar-refractivity contribution in [3.8, 4) is 0 Å². The molecule has 0 aliphatic heterocycles. The van der Waals surface area contributed by atoms with Gasteiger partial charge in [-0.2, -0.15) is 0 Å². The predicted molar refractivity (Wildman–Crippen MR) is 73.1 cm³/mol. The van der Waals surface area contributed by atoms with Gasteiger partial charge in [0.05, 0.1) is 17.7 Å². The van der Waals surface area contributed by atoms with Crippen LogP contribution in [0, 0.1) is 0 Å². The highest BCUT2D eigenvalue weighted by Crippen LogP contribution is 2.12. The minimum absolute atomic E-state index is 0.0308. The van der Waals surface area contributed by atoms with Gasteiger partial charge in [0.15, 0.2) is 0 Å². The molecule has 2 N–H and O–H groups in total.